The molecule has 2 aromatic rings. The van der Waals surface area contributed by atoms with Crippen molar-refractivity contribution in [3.63, 3.8) is 0 Å². The Morgan fingerprint density at radius 3 is 2.52 bits per heavy atom. The second kappa shape index (κ2) is 6.08. The largest absolute Gasteiger partial charge is 0.508 e. The second-order valence-electron chi connectivity index (χ2n) is 4.53. The summed E-state index contributed by atoms with van der Waals surface area (Å²) in [6.07, 6.45) is 1.34. The fourth-order valence-corrected chi connectivity index (χ4v) is 1.82. The van der Waals surface area contributed by atoms with E-state index < -0.39 is 17.9 Å². The van der Waals surface area contributed by atoms with E-state index in [0.717, 1.165) is 0 Å². The van der Waals surface area contributed by atoms with E-state index in [0.29, 0.717) is 11.3 Å². The summed E-state index contributed by atoms with van der Waals surface area (Å²) in [5.74, 6) is -1.29. The molecule has 110 valence electrons. The van der Waals surface area contributed by atoms with Gasteiger partial charge in [-0.25, -0.2) is 4.79 Å². The summed E-state index contributed by atoms with van der Waals surface area (Å²) in [6.45, 7) is 1.57. The van der Waals surface area contributed by atoms with Crippen molar-refractivity contribution in [1.29, 1.82) is 0 Å². The van der Waals surface area contributed by atoms with Crippen LogP contribution in [-0.4, -0.2) is 33.3 Å². The maximum Gasteiger partial charge on any atom is 0.326 e. The highest BCUT2D eigenvalue weighted by Gasteiger charge is 2.23. The number of carbonyl (C=O) groups is 2. The third-order valence-electron chi connectivity index (χ3n) is 2.97. The number of nitrogens with one attached hydrogen (secondary N) is 1. The van der Waals surface area contributed by atoms with Crippen molar-refractivity contribution >= 4 is 11.9 Å². The minimum absolute atomic E-state index is 0.0924. The number of benzene rings is 1. The lowest BCUT2D eigenvalue weighted by Gasteiger charge is -2.14. The number of aliphatic carboxylic acids is 1. The summed E-state index contributed by atoms with van der Waals surface area (Å²) in [5, 5.41) is 24.3. The Morgan fingerprint density at radius 1 is 1.33 bits per heavy atom. The number of hydrogen-bond donors (Lipinski definition) is 3. The highest BCUT2D eigenvalue weighted by molar-refractivity contribution is 5.97. The summed E-state index contributed by atoms with van der Waals surface area (Å²) in [5.41, 5.74) is 0.884. The van der Waals surface area contributed by atoms with Crippen molar-refractivity contribution < 1.29 is 24.3 Å². The molecule has 0 aliphatic carbocycles. The molecule has 7 heteroatoms. The van der Waals surface area contributed by atoms with Gasteiger partial charge in [0, 0.05) is 6.42 Å². The summed E-state index contributed by atoms with van der Waals surface area (Å²) >= 11 is 0. The molecule has 0 unspecified atom stereocenters. The normalized spacial score (nSPS) is 11.9. The summed E-state index contributed by atoms with van der Waals surface area (Å²) < 4.78 is 4.77. The predicted octanol–water partition coefficient (Wildman–Crippen LogP) is 1.11. The van der Waals surface area contributed by atoms with Gasteiger partial charge in [0.2, 0.25) is 0 Å². The highest BCUT2D eigenvalue weighted by Crippen LogP contribution is 2.12. The van der Waals surface area contributed by atoms with Crippen molar-refractivity contribution in [1.82, 2.24) is 10.5 Å². The molecule has 3 N–H and O–H groups in total. The molecule has 0 saturated carbocycles. The minimum Gasteiger partial charge on any atom is -0.508 e. The molecule has 7 nitrogen and oxygen atoms in total. The monoisotopic (exact) mass is 290 g/mol. The zero-order valence-electron chi connectivity index (χ0n) is 11.2. The van der Waals surface area contributed by atoms with E-state index in [4.69, 9.17) is 4.52 Å². The van der Waals surface area contributed by atoms with E-state index in [9.17, 15) is 19.8 Å². The first kappa shape index (κ1) is 14.6. The van der Waals surface area contributed by atoms with Gasteiger partial charge in [0.1, 0.15) is 23.1 Å². The summed E-state index contributed by atoms with van der Waals surface area (Å²) in [7, 11) is 0. The number of aryl methyl sites for hydroxylation is 1. The van der Waals surface area contributed by atoms with E-state index in [1.807, 2.05) is 0 Å². The number of phenolic OH excluding ortho intramolecular Hbond substituents is 1. The van der Waals surface area contributed by atoms with E-state index in [2.05, 4.69) is 10.5 Å². The van der Waals surface area contributed by atoms with Crippen LogP contribution in [0.2, 0.25) is 0 Å². The number of phenols is 1. The fourth-order valence-electron chi connectivity index (χ4n) is 1.82. The Balaban J connectivity index is 2.09. The Morgan fingerprint density at radius 2 is 2.00 bits per heavy atom. The first-order chi connectivity index (χ1) is 9.97. The lowest BCUT2D eigenvalue weighted by Crippen LogP contribution is -2.42. The SMILES string of the molecule is Cc1oncc1C(=O)N[C@@H](Cc1ccc(O)cc1)C(=O)O. The van der Waals surface area contributed by atoms with Crippen LogP contribution in [0.25, 0.3) is 0 Å². The van der Waals surface area contributed by atoms with Crippen LogP contribution in [-0.2, 0) is 11.2 Å². The predicted molar refractivity (Wildman–Crippen MR) is 71.9 cm³/mol. The van der Waals surface area contributed by atoms with Crippen LogP contribution < -0.4 is 5.32 Å². The van der Waals surface area contributed by atoms with Crippen LogP contribution in [0.5, 0.6) is 5.75 Å². The molecular weight excluding hydrogens is 276 g/mol. The Labute approximate surface area is 120 Å². The number of amides is 1. The molecule has 0 bridgehead atoms. The lowest BCUT2D eigenvalue weighted by atomic mass is 10.1. The van der Waals surface area contributed by atoms with E-state index in [-0.39, 0.29) is 17.7 Å². The van der Waals surface area contributed by atoms with Crippen molar-refractivity contribution in [2.75, 3.05) is 0 Å². The fraction of sp³-hybridized carbons (Fsp3) is 0.214. The van der Waals surface area contributed by atoms with Crippen LogP contribution in [0.1, 0.15) is 21.7 Å². The third-order valence-corrected chi connectivity index (χ3v) is 2.97. The average Bonchev–Trinajstić information content (AvgIpc) is 2.86. The first-order valence-electron chi connectivity index (χ1n) is 6.20. The molecule has 0 spiro atoms. The van der Waals surface area contributed by atoms with Gasteiger partial charge in [-0.2, -0.15) is 0 Å². The molecule has 1 aromatic heterocycles. The van der Waals surface area contributed by atoms with Crippen molar-refractivity contribution in [3.8, 4) is 5.75 Å². The number of rotatable bonds is 5. The number of aromatic nitrogens is 1. The van der Waals surface area contributed by atoms with Crippen molar-refractivity contribution in [2.45, 2.75) is 19.4 Å². The average molecular weight is 290 g/mol. The molecule has 0 saturated heterocycles. The van der Waals surface area contributed by atoms with Gasteiger partial charge >= 0.3 is 5.97 Å². The Hall–Kier alpha value is -2.83. The van der Waals surface area contributed by atoms with Crippen LogP contribution in [0.3, 0.4) is 0 Å². The number of hydrogen-bond acceptors (Lipinski definition) is 5. The molecule has 2 rings (SSSR count). The van der Waals surface area contributed by atoms with Gasteiger partial charge in [-0.3, -0.25) is 4.79 Å². The molecule has 0 aliphatic rings. The Kier molecular flexibility index (Phi) is 4.22. The van der Waals surface area contributed by atoms with Gasteiger partial charge < -0.3 is 20.1 Å². The van der Waals surface area contributed by atoms with Crippen molar-refractivity contribution in [3.05, 3.63) is 47.3 Å². The standard InChI is InChI=1S/C14H14N2O5/c1-8-11(7-15-21-8)13(18)16-12(14(19)20)6-9-2-4-10(17)5-3-9/h2-5,7,12,17H,6H2,1H3,(H,16,18)(H,19,20)/t12-/m0/s1. The third kappa shape index (κ3) is 3.59. The number of carbonyl (C=O) groups excluding carboxylic acids is 1. The molecule has 1 amide bonds. The first-order valence-corrected chi connectivity index (χ1v) is 6.20. The van der Waals surface area contributed by atoms with Gasteiger partial charge in [-0.15, -0.1) is 0 Å². The van der Waals surface area contributed by atoms with Gasteiger partial charge in [0.15, 0.2) is 0 Å². The van der Waals surface area contributed by atoms with Gasteiger partial charge in [0.05, 0.1) is 6.20 Å². The number of aromatic hydroxyl groups is 1. The highest BCUT2D eigenvalue weighted by atomic mass is 16.5. The van der Waals surface area contributed by atoms with E-state index in [1.54, 1.807) is 19.1 Å². The van der Waals surface area contributed by atoms with Crippen LogP contribution >= 0.6 is 0 Å². The van der Waals surface area contributed by atoms with Crippen LogP contribution in [0.15, 0.2) is 35.0 Å². The number of carboxylic acids is 1. The second-order valence-corrected chi connectivity index (χ2v) is 4.53. The smallest absolute Gasteiger partial charge is 0.326 e. The van der Waals surface area contributed by atoms with Gasteiger partial charge in [-0.1, -0.05) is 17.3 Å². The minimum atomic E-state index is -1.15. The summed E-state index contributed by atoms with van der Waals surface area (Å²) in [6, 6.07) is 5.03. The van der Waals surface area contributed by atoms with E-state index in [1.165, 1.54) is 18.3 Å². The maximum atomic E-state index is 12.0. The molecule has 0 aliphatic heterocycles. The Bertz CT molecular complexity index is 648. The molecule has 1 aromatic carbocycles. The molecule has 1 atom stereocenters. The maximum absolute atomic E-state index is 12.0. The molecule has 1 heterocycles. The molecule has 0 fully saturated rings. The van der Waals surface area contributed by atoms with Crippen LogP contribution in [0.4, 0.5) is 0 Å². The topological polar surface area (TPSA) is 113 Å². The molecular formula is C14H14N2O5. The zero-order valence-corrected chi connectivity index (χ0v) is 11.2. The van der Waals surface area contributed by atoms with Crippen molar-refractivity contribution in [2.24, 2.45) is 0 Å². The van der Waals surface area contributed by atoms with E-state index >= 15 is 0 Å². The number of nitrogens with zero attached hydrogens (tertiary/aromatic N) is 1. The molecule has 0 radical (unpaired) electrons. The quantitative estimate of drug-likeness (QED) is 0.760. The summed E-state index contributed by atoms with van der Waals surface area (Å²) in [4.78, 5) is 23.2. The number of carboxylic acid groups (broad SMARTS) is 1. The van der Waals surface area contributed by atoms with Crippen LogP contribution in [0, 0.1) is 6.92 Å². The van der Waals surface area contributed by atoms with Gasteiger partial charge in [0.25, 0.3) is 5.91 Å². The molecule has 21 heavy (non-hydrogen) atoms. The van der Waals surface area contributed by atoms with Gasteiger partial charge in [-0.05, 0) is 24.6 Å². The zero-order chi connectivity index (χ0) is 15.4. The lowest BCUT2D eigenvalue weighted by molar-refractivity contribution is -0.139.